The van der Waals surface area contributed by atoms with Gasteiger partial charge in [-0.3, -0.25) is 19.2 Å². The van der Waals surface area contributed by atoms with Crippen molar-refractivity contribution in [2.75, 3.05) is 13.7 Å². The van der Waals surface area contributed by atoms with Crippen molar-refractivity contribution in [3.63, 3.8) is 0 Å². The summed E-state index contributed by atoms with van der Waals surface area (Å²) in [5.74, 6) is -0.347. The van der Waals surface area contributed by atoms with Gasteiger partial charge in [0.25, 0.3) is 5.91 Å². The van der Waals surface area contributed by atoms with Crippen molar-refractivity contribution in [2.24, 2.45) is 11.7 Å². The number of carbonyl (C=O) groups is 2. The van der Waals surface area contributed by atoms with Crippen LogP contribution >= 0.6 is 0 Å². The monoisotopic (exact) mass is 576 g/mol. The summed E-state index contributed by atoms with van der Waals surface area (Å²) in [5, 5.41) is 0.210. The number of nitrogens with zero attached hydrogens (tertiary/aromatic N) is 2. The number of benzene rings is 2. The summed E-state index contributed by atoms with van der Waals surface area (Å²) >= 11 is 0. The molecule has 2 aromatic carbocycles. The normalized spacial score (nSPS) is 25.9. The lowest BCUT2D eigenvalue weighted by atomic mass is 10.1. The standard InChI is InChI=1S/C30H32N4O6S/c1-3-19-16-30(19,29(36)33-41(37,38)22-10-11-22)34-17-21(14-26(34)28(31)35)40-27-15-24(18-7-5-4-6-8-18)32-25-13-20(39-2)9-12-23(25)27/h3-9,12-13,15,19,21-22,26H,1,10-11,14,16-17H2,2H3,(H2,31,35)(H,33,36)/t19?,21?,26-,30+/m0/s1. The summed E-state index contributed by atoms with van der Waals surface area (Å²) in [6.45, 7) is 4.04. The van der Waals surface area contributed by atoms with Crippen molar-refractivity contribution < 1.29 is 27.5 Å². The maximum absolute atomic E-state index is 13.5. The number of hydrogen-bond acceptors (Lipinski definition) is 8. The Morgan fingerprint density at radius 3 is 2.56 bits per heavy atom. The molecule has 0 radical (unpaired) electrons. The Morgan fingerprint density at radius 2 is 1.93 bits per heavy atom. The van der Waals surface area contributed by atoms with Crippen LogP contribution in [0.25, 0.3) is 22.2 Å². The first-order chi connectivity index (χ1) is 19.7. The smallest absolute Gasteiger partial charge is 0.254 e. The third-order valence-corrected chi connectivity index (χ3v) is 10.1. The van der Waals surface area contributed by atoms with Gasteiger partial charge >= 0.3 is 0 Å². The van der Waals surface area contributed by atoms with Crippen molar-refractivity contribution in [2.45, 2.75) is 48.6 Å². The quantitative estimate of drug-likeness (QED) is 0.351. The molecular weight excluding hydrogens is 544 g/mol. The molecular formula is C30H32N4O6S. The highest BCUT2D eigenvalue weighted by Gasteiger charge is 2.67. The zero-order valence-corrected chi connectivity index (χ0v) is 23.5. The zero-order chi connectivity index (χ0) is 28.9. The molecule has 3 fully saturated rings. The Morgan fingerprint density at radius 1 is 1.17 bits per heavy atom. The maximum atomic E-state index is 13.5. The minimum absolute atomic E-state index is 0.204. The van der Waals surface area contributed by atoms with Gasteiger partial charge in [0.1, 0.15) is 23.1 Å². The van der Waals surface area contributed by atoms with E-state index in [0.717, 1.165) is 10.9 Å². The van der Waals surface area contributed by atoms with Gasteiger partial charge in [-0.2, -0.15) is 0 Å². The Hall–Kier alpha value is -3.96. The number of ether oxygens (including phenoxy) is 2. The molecule has 41 heavy (non-hydrogen) atoms. The number of hydrogen-bond donors (Lipinski definition) is 2. The Kier molecular flexibility index (Phi) is 6.74. The van der Waals surface area contributed by atoms with E-state index in [4.69, 9.17) is 20.2 Å². The highest BCUT2D eigenvalue weighted by atomic mass is 32.2. The third-order valence-electron chi connectivity index (χ3n) is 8.31. The lowest BCUT2D eigenvalue weighted by Gasteiger charge is -2.31. The van der Waals surface area contributed by atoms with E-state index in [-0.39, 0.29) is 18.9 Å². The summed E-state index contributed by atoms with van der Waals surface area (Å²) in [4.78, 5) is 32.7. The minimum atomic E-state index is -3.78. The van der Waals surface area contributed by atoms with E-state index in [1.807, 2.05) is 54.6 Å². The van der Waals surface area contributed by atoms with Crippen molar-refractivity contribution in [3.05, 3.63) is 67.3 Å². The second-order valence-corrected chi connectivity index (χ2v) is 12.9. The molecule has 0 spiro atoms. The van der Waals surface area contributed by atoms with E-state index in [9.17, 15) is 18.0 Å². The fourth-order valence-electron chi connectivity index (χ4n) is 5.89. The highest BCUT2D eigenvalue weighted by molar-refractivity contribution is 7.91. The molecule has 2 heterocycles. The molecule has 3 N–H and O–H groups in total. The Labute approximate surface area is 238 Å². The molecule has 2 saturated carbocycles. The molecule has 2 amide bonds. The number of carbonyl (C=O) groups excluding carboxylic acids is 2. The van der Waals surface area contributed by atoms with Gasteiger partial charge in [-0.15, -0.1) is 6.58 Å². The number of nitrogens with two attached hydrogens (primary N) is 1. The summed E-state index contributed by atoms with van der Waals surface area (Å²) in [6, 6.07) is 16.3. The number of fused-ring (bicyclic) bond motifs is 1. The van der Waals surface area contributed by atoms with Crippen LogP contribution in [0.4, 0.5) is 0 Å². The van der Waals surface area contributed by atoms with Gasteiger partial charge in [0.05, 0.1) is 29.6 Å². The number of nitrogens with one attached hydrogen (secondary N) is 1. The first-order valence-electron chi connectivity index (χ1n) is 13.6. The molecule has 3 aromatic rings. The van der Waals surface area contributed by atoms with Crippen LogP contribution in [0.5, 0.6) is 11.5 Å². The number of sulfonamides is 1. The van der Waals surface area contributed by atoms with E-state index < -0.39 is 44.8 Å². The Bertz CT molecular complexity index is 1640. The van der Waals surface area contributed by atoms with Gasteiger partial charge in [-0.1, -0.05) is 36.4 Å². The summed E-state index contributed by atoms with van der Waals surface area (Å²) < 4.78 is 39.5. The van der Waals surface area contributed by atoms with Crippen LogP contribution in [0.3, 0.4) is 0 Å². The van der Waals surface area contributed by atoms with E-state index in [0.29, 0.717) is 42.0 Å². The van der Waals surface area contributed by atoms with Crippen LogP contribution in [-0.4, -0.2) is 66.7 Å². The molecule has 2 aliphatic carbocycles. The maximum Gasteiger partial charge on any atom is 0.254 e. The van der Waals surface area contributed by atoms with E-state index in [1.54, 1.807) is 18.1 Å². The van der Waals surface area contributed by atoms with Crippen LogP contribution in [0.2, 0.25) is 0 Å². The number of likely N-dealkylation sites (tertiary alicyclic amines) is 1. The van der Waals surface area contributed by atoms with E-state index >= 15 is 0 Å². The lowest BCUT2D eigenvalue weighted by molar-refractivity contribution is -0.130. The van der Waals surface area contributed by atoms with Crippen molar-refractivity contribution in [1.29, 1.82) is 0 Å². The second-order valence-electron chi connectivity index (χ2n) is 10.9. The van der Waals surface area contributed by atoms with Gasteiger partial charge < -0.3 is 15.2 Å². The number of aromatic nitrogens is 1. The van der Waals surface area contributed by atoms with Gasteiger partial charge in [0.2, 0.25) is 15.9 Å². The van der Waals surface area contributed by atoms with Crippen molar-refractivity contribution >= 4 is 32.7 Å². The molecule has 214 valence electrons. The summed E-state index contributed by atoms with van der Waals surface area (Å²) in [5.41, 5.74) is 6.89. The van der Waals surface area contributed by atoms with E-state index in [2.05, 4.69) is 11.3 Å². The van der Waals surface area contributed by atoms with Crippen molar-refractivity contribution in [1.82, 2.24) is 14.6 Å². The Balaban J connectivity index is 1.33. The number of rotatable bonds is 10. The predicted octanol–water partition coefficient (Wildman–Crippen LogP) is 2.77. The van der Waals surface area contributed by atoms with Gasteiger partial charge in [-0.05, 0) is 31.4 Å². The highest BCUT2D eigenvalue weighted by Crippen LogP contribution is 2.53. The fourth-order valence-corrected chi connectivity index (χ4v) is 7.24. The molecule has 1 saturated heterocycles. The summed E-state index contributed by atoms with van der Waals surface area (Å²) in [7, 11) is -2.19. The molecule has 10 nitrogen and oxygen atoms in total. The molecule has 6 rings (SSSR count). The molecule has 1 aromatic heterocycles. The molecule has 1 aliphatic heterocycles. The fraction of sp³-hybridized carbons (Fsp3) is 0.367. The largest absolute Gasteiger partial charge is 0.497 e. The zero-order valence-electron chi connectivity index (χ0n) is 22.7. The summed E-state index contributed by atoms with van der Waals surface area (Å²) in [6.07, 6.45) is 2.77. The average molecular weight is 577 g/mol. The first kappa shape index (κ1) is 27.2. The SMILES string of the molecule is C=CC1C[C@@]1(C(=O)NS(=O)(=O)C1CC1)N1CC(Oc2cc(-c3ccccc3)nc3cc(OC)ccc23)C[C@H]1C(N)=O. The van der Waals surface area contributed by atoms with Crippen LogP contribution < -0.4 is 19.9 Å². The van der Waals surface area contributed by atoms with Crippen LogP contribution in [0.1, 0.15) is 25.7 Å². The minimum Gasteiger partial charge on any atom is -0.497 e. The van der Waals surface area contributed by atoms with E-state index in [1.165, 1.54) is 0 Å². The molecule has 0 bridgehead atoms. The van der Waals surface area contributed by atoms with Crippen LogP contribution in [0.15, 0.2) is 67.3 Å². The molecule has 11 heteroatoms. The first-order valence-corrected chi connectivity index (χ1v) is 15.2. The van der Waals surface area contributed by atoms with Gasteiger partial charge in [-0.25, -0.2) is 13.4 Å². The number of pyridine rings is 1. The predicted molar refractivity (Wildman–Crippen MR) is 154 cm³/mol. The second kappa shape index (κ2) is 10.1. The molecule has 3 aliphatic rings. The average Bonchev–Trinajstić information content (AvgIpc) is 3.89. The van der Waals surface area contributed by atoms with Crippen molar-refractivity contribution in [3.8, 4) is 22.8 Å². The molecule has 4 atom stereocenters. The number of methoxy groups -OCH3 is 1. The third kappa shape index (κ3) is 4.93. The van der Waals surface area contributed by atoms with Crippen LogP contribution in [0, 0.1) is 5.92 Å². The number of primary amides is 1. The van der Waals surface area contributed by atoms with Gasteiger partial charge in [0, 0.05) is 42.0 Å². The van der Waals surface area contributed by atoms with Gasteiger partial charge in [0.15, 0.2) is 0 Å². The lowest BCUT2D eigenvalue weighted by Crippen LogP contribution is -2.56. The topological polar surface area (TPSA) is 141 Å². The molecule has 2 unspecified atom stereocenters. The van der Waals surface area contributed by atoms with Crippen LogP contribution in [-0.2, 0) is 19.6 Å². The number of amides is 2.